The molecular formula is C19H31N3O2. The van der Waals surface area contributed by atoms with Gasteiger partial charge in [-0.1, -0.05) is 17.7 Å². The molecule has 0 aliphatic carbocycles. The first kappa shape index (κ1) is 18.7. The van der Waals surface area contributed by atoms with E-state index in [1.54, 1.807) is 7.05 Å². The van der Waals surface area contributed by atoms with Crippen molar-refractivity contribution in [2.75, 3.05) is 52.9 Å². The first-order chi connectivity index (χ1) is 11.7. The molecule has 5 nitrogen and oxygen atoms in total. The fraction of sp³-hybridized carbons (Fsp3) is 0.632. The van der Waals surface area contributed by atoms with Gasteiger partial charge in [-0.15, -0.1) is 0 Å². The molecular weight excluding hydrogens is 302 g/mol. The van der Waals surface area contributed by atoms with E-state index < -0.39 is 0 Å². The monoisotopic (exact) mass is 333 g/mol. The number of rotatable bonds is 9. The molecule has 5 heteroatoms. The molecule has 1 N–H and O–H groups in total. The third-order valence-corrected chi connectivity index (χ3v) is 4.52. The van der Waals surface area contributed by atoms with Gasteiger partial charge in [0.2, 0.25) is 5.91 Å². The zero-order valence-corrected chi connectivity index (χ0v) is 15.1. The van der Waals surface area contributed by atoms with Gasteiger partial charge in [0, 0.05) is 33.2 Å². The van der Waals surface area contributed by atoms with Crippen molar-refractivity contribution < 1.29 is 9.53 Å². The average molecular weight is 333 g/mol. The van der Waals surface area contributed by atoms with Crippen molar-refractivity contribution >= 4 is 5.91 Å². The Bertz CT molecular complexity index is 482. The second kappa shape index (κ2) is 10.3. The van der Waals surface area contributed by atoms with E-state index >= 15 is 0 Å². The highest BCUT2D eigenvalue weighted by atomic mass is 16.5. The summed E-state index contributed by atoms with van der Waals surface area (Å²) in [5.74, 6) is 1.07. The highest BCUT2D eigenvalue weighted by Gasteiger charge is 2.17. The van der Waals surface area contributed by atoms with Crippen LogP contribution in [0.1, 0.15) is 24.8 Å². The average Bonchev–Trinajstić information content (AvgIpc) is 2.61. The highest BCUT2D eigenvalue weighted by Crippen LogP contribution is 2.12. The lowest BCUT2D eigenvalue weighted by atomic mass is 10.2. The number of amides is 1. The van der Waals surface area contributed by atoms with E-state index in [0.717, 1.165) is 51.5 Å². The van der Waals surface area contributed by atoms with Crippen molar-refractivity contribution in [2.24, 2.45) is 0 Å². The number of ether oxygens (including phenoxy) is 1. The smallest absolute Gasteiger partial charge is 0.233 e. The molecule has 0 atom stereocenters. The number of hydrogen-bond acceptors (Lipinski definition) is 4. The number of hydrogen-bond donors (Lipinski definition) is 1. The third-order valence-electron chi connectivity index (χ3n) is 4.52. The number of unbranched alkanes of at least 4 members (excludes halogenated alkanes) is 2. The number of aryl methyl sites for hydroxylation is 1. The second-order valence-corrected chi connectivity index (χ2v) is 6.51. The van der Waals surface area contributed by atoms with Gasteiger partial charge in [0.05, 0.1) is 13.2 Å². The molecule has 1 aliphatic rings. The van der Waals surface area contributed by atoms with Crippen LogP contribution in [0.15, 0.2) is 24.3 Å². The number of carbonyl (C=O) groups is 1. The largest absolute Gasteiger partial charge is 0.494 e. The standard InChI is InChI=1S/C19H31N3O2/c1-17-6-8-18(9-7-17)24-15-5-3-4-10-21-11-13-22(14-12-21)16-19(23)20-2/h6-9H,3-5,10-16H2,1-2H3,(H,20,23). The normalized spacial score (nSPS) is 16.1. The number of carbonyl (C=O) groups excluding carboxylic acids is 1. The van der Waals surface area contributed by atoms with Crippen LogP contribution in [0.25, 0.3) is 0 Å². The van der Waals surface area contributed by atoms with Crippen LogP contribution in [0, 0.1) is 6.92 Å². The van der Waals surface area contributed by atoms with Gasteiger partial charge < -0.3 is 15.0 Å². The van der Waals surface area contributed by atoms with E-state index in [0.29, 0.717) is 6.54 Å². The predicted molar refractivity (Wildman–Crippen MR) is 97.5 cm³/mol. The van der Waals surface area contributed by atoms with Crippen LogP contribution in [-0.2, 0) is 4.79 Å². The van der Waals surface area contributed by atoms with Gasteiger partial charge in [0.25, 0.3) is 0 Å². The van der Waals surface area contributed by atoms with Crippen molar-refractivity contribution in [1.82, 2.24) is 15.1 Å². The van der Waals surface area contributed by atoms with Crippen LogP contribution >= 0.6 is 0 Å². The van der Waals surface area contributed by atoms with Gasteiger partial charge in [0.1, 0.15) is 5.75 Å². The summed E-state index contributed by atoms with van der Waals surface area (Å²) in [5.41, 5.74) is 1.26. The Labute approximate surface area is 146 Å². The molecule has 1 fully saturated rings. The van der Waals surface area contributed by atoms with Crippen molar-refractivity contribution in [3.8, 4) is 5.75 Å². The maximum absolute atomic E-state index is 11.4. The van der Waals surface area contributed by atoms with Crippen LogP contribution in [0.2, 0.25) is 0 Å². The minimum absolute atomic E-state index is 0.108. The predicted octanol–water partition coefficient (Wildman–Crippen LogP) is 1.91. The zero-order chi connectivity index (χ0) is 17.2. The molecule has 1 saturated heterocycles. The minimum atomic E-state index is 0.108. The Morgan fingerprint density at radius 3 is 2.38 bits per heavy atom. The van der Waals surface area contributed by atoms with Gasteiger partial charge in [-0.05, 0) is 44.9 Å². The van der Waals surface area contributed by atoms with Crippen molar-refractivity contribution in [2.45, 2.75) is 26.2 Å². The van der Waals surface area contributed by atoms with Crippen LogP contribution in [0.4, 0.5) is 0 Å². The summed E-state index contributed by atoms with van der Waals surface area (Å²) in [6.45, 7) is 8.67. The Hall–Kier alpha value is -1.59. The fourth-order valence-corrected chi connectivity index (χ4v) is 2.89. The number of nitrogens with one attached hydrogen (secondary N) is 1. The lowest BCUT2D eigenvalue weighted by Gasteiger charge is -2.34. The Morgan fingerprint density at radius 2 is 1.71 bits per heavy atom. The van der Waals surface area contributed by atoms with Crippen LogP contribution in [0.3, 0.4) is 0 Å². The number of benzene rings is 1. The quantitative estimate of drug-likeness (QED) is 0.701. The van der Waals surface area contributed by atoms with Gasteiger partial charge in [-0.2, -0.15) is 0 Å². The summed E-state index contributed by atoms with van der Waals surface area (Å²) in [6, 6.07) is 8.24. The van der Waals surface area contributed by atoms with Gasteiger partial charge in [-0.25, -0.2) is 0 Å². The van der Waals surface area contributed by atoms with Crippen molar-refractivity contribution in [3.05, 3.63) is 29.8 Å². The van der Waals surface area contributed by atoms with Crippen molar-refractivity contribution in [1.29, 1.82) is 0 Å². The molecule has 0 unspecified atom stereocenters. The molecule has 1 aromatic carbocycles. The molecule has 0 bridgehead atoms. The Balaban J connectivity index is 1.48. The summed E-state index contributed by atoms with van der Waals surface area (Å²) < 4.78 is 5.76. The molecule has 1 amide bonds. The van der Waals surface area contributed by atoms with E-state index in [4.69, 9.17) is 4.74 Å². The lowest BCUT2D eigenvalue weighted by Crippen LogP contribution is -2.49. The number of piperazine rings is 1. The number of nitrogens with zero attached hydrogens (tertiary/aromatic N) is 2. The molecule has 24 heavy (non-hydrogen) atoms. The van der Waals surface area contributed by atoms with Gasteiger partial charge >= 0.3 is 0 Å². The molecule has 1 aliphatic heterocycles. The van der Waals surface area contributed by atoms with E-state index in [1.807, 2.05) is 12.1 Å². The van der Waals surface area contributed by atoms with Crippen LogP contribution in [0.5, 0.6) is 5.75 Å². The summed E-state index contributed by atoms with van der Waals surface area (Å²) in [5, 5.41) is 2.69. The summed E-state index contributed by atoms with van der Waals surface area (Å²) in [6.07, 6.45) is 3.52. The molecule has 0 saturated carbocycles. The van der Waals surface area contributed by atoms with Gasteiger partial charge in [0.15, 0.2) is 0 Å². The topological polar surface area (TPSA) is 44.8 Å². The first-order valence-electron chi connectivity index (χ1n) is 9.02. The molecule has 0 spiro atoms. The lowest BCUT2D eigenvalue weighted by molar-refractivity contribution is -0.122. The molecule has 0 aromatic heterocycles. The van der Waals surface area contributed by atoms with Crippen LogP contribution in [-0.4, -0.2) is 68.6 Å². The van der Waals surface area contributed by atoms with Gasteiger partial charge in [-0.3, -0.25) is 9.69 Å². The summed E-state index contributed by atoms with van der Waals surface area (Å²) in [7, 11) is 1.70. The van der Waals surface area contributed by atoms with Crippen LogP contribution < -0.4 is 10.1 Å². The minimum Gasteiger partial charge on any atom is -0.494 e. The Morgan fingerprint density at radius 1 is 1.04 bits per heavy atom. The SMILES string of the molecule is CNC(=O)CN1CCN(CCCCCOc2ccc(C)cc2)CC1. The second-order valence-electron chi connectivity index (χ2n) is 6.51. The maximum atomic E-state index is 11.4. The third kappa shape index (κ3) is 6.89. The van der Waals surface area contributed by atoms with E-state index in [2.05, 4.69) is 34.2 Å². The summed E-state index contributed by atoms with van der Waals surface area (Å²) >= 11 is 0. The first-order valence-corrected chi connectivity index (χ1v) is 9.02. The highest BCUT2D eigenvalue weighted by molar-refractivity contribution is 5.77. The number of likely N-dealkylation sites (N-methyl/N-ethyl adjacent to an activating group) is 1. The molecule has 2 rings (SSSR count). The molecule has 1 aromatic rings. The molecule has 1 heterocycles. The molecule has 134 valence electrons. The van der Waals surface area contributed by atoms with E-state index in [-0.39, 0.29) is 5.91 Å². The molecule has 0 radical (unpaired) electrons. The van der Waals surface area contributed by atoms with Crippen molar-refractivity contribution in [3.63, 3.8) is 0 Å². The van der Waals surface area contributed by atoms with E-state index in [1.165, 1.54) is 18.4 Å². The Kier molecular flexibility index (Phi) is 8.05. The summed E-state index contributed by atoms with van der Waals surface area (Å²) in [4.78, 5) is 16.1. The van der Waals surface area contributed by atoms with E-state index in [9.17, 15) is 4.79 Å². The zero-order valence-electron chi connectivity index (χ0n) is 15.1. The maximum Gasteiger partial charge on any atom is 0.233 e. The fourth-order valence-electron chi connectivity index (χ4n) is 2.89.